The summed E-state index contributed by atoms with van der Waals surface area (Å²) in [5, 5.41) is 0. The third-order valence-electron chi connectivity index (χ3n) is 3.40. The van der Waals surface area contributed by atoms with Crippen LogP contribution in [0.2, 0.25) is 0 Å². The van der Waals surface area contributed by atoms with Crippen molar-refractivity contribution in [3.63, 3.8) is 0 Å². The number of fused-ring (bicyclic) bond motifs is 1. The van der Waals surface area contributed by atoms with Crippen molar-refractivity contribution in [2.75, 3.05) is 13.7 Å². The van der Waals surface area contributed by atoms with E-state index in [1.807, 2.05) is 19.1 Å². The number of aromatic nitrogens is 4. The summed E-state index contributed by atoms with van der Waals surface area (Å²) in [6.07, 6.45) is 3.22. The molecule has 0 amide bonds. The first kappa shape index (κ1) is 15.0. The maximum atomic E-state index is 12.0. The first-order chi connectivity index (χ1) is 11.1. The fourth-order valence-corrected chi connectivity index (χ4v) is 2.29. The van der Waals surface area contributed by atoms with Gasteiger partial charge in [0.25, 0.3) is 0 Å². The Morgan fingerprint density at radius 2 is 2.13 bits per heavy atom. The Kier molecular flexibility index (Phi) is 3.92. The van der Waals surface area contributed by atoms with Gasteiger partial charge in [0.2, 0.25) is 5.88 Å². The minimum absolute atomic E-state index is 0.206. The molecule has 3 aromatic rings. The summed E-state index contributed by atoms with van der Waals surface area (Å²) in [6, 6.07) is 5.54. The maximum absolute atomic E-state index is 12.0. The van der Waals surface area contributed by atoms with Crippen molar-refractivity contribution >= 4 is 11.6 Å². The zero-order valence-corrected chi connectivity index (χ0v) is 13.1. The SMILES string of the molecule is CCOC(=O)c1ncn2c(C)cc(-c3ccnc(OC)c3)nc12. The van der Waals surface area contributed by atoms with Gasteiger partial charge >= 0.3 is 5.97 Å². The van der Waals surface area contributed by atoms with E-state index >= 15 is 0 Å². The lowest BCUT2D eigenvalue weighted by Gasteiger charge is -2.07. The molecule has 0 aliphatic carbocycles. The molecule has 0 saturated carbocycles. The fourth-order valence-electron chi connectivity index (χ4n) is 2.29. The van der Waals surface area contributed by atoms with Crippen LogP contribution >= 0.6 is 0 Å². The number of aryl methyl sites for hydroxylation is 1. The van der Waals surface area contributed by atoms with Gasteiger partial charge in [-0.15, -0.1) is 0 Å². The predicted octanol–water partition coefficient (Wildman–Crippen LogP) is 2.29. The highest BCUT2D eigenvalue weighted by atomic mass is 16.5. The van der Waals surface area contributed by atoms with Crippen molar-refractivity contribution in [1.82, 2.24) is 19.4 Å². The summed E-state index contributed by atoms with van der Waals surface area (Å²) in [5.41, 5.74) is 3.14. The Hall–Kier alpha value is -2.96. The fraction of sp³-hybridized carbons (Fsp3) is 0.250. The van der Waals surface area contributed by atoms with Gasteiger partial charge in [-0.1, -0.05) is 0 Å². The van der Waals surface area contributed by atoms with E-state index in [0.717, 1.165) is 11.3 Å². The molecule has 0 spiro atoms. The van der Waals surface area contributed by atoms with E-state index < -0.39 is 5.97 Å². The Labute approximate surface area is 132 Å². The van der Waals surface area contributed by atoms with Gasteiger partial charge in [-0.05, 0) is 26.0 Å². The Morgan fingerprint density at radius 1 is 1.30 bits per heavy atom. The van der Waals surface area contributed by atoms with Gasteiger partial charge in [-0.3, -0.25) is 4.40 Å². The van der Waals surface area contributed by atoms with E-state index in [0.29, 0.717) is 17.2 Å². The monoisotopic (exact) mass is 312 g/mol. The Morgan fingerprint density at radius 3 is 2.87 bits per heavy atom. The van der Waals surface area contributed by atoms with Crippen LogP contribution in [0.1, 0.15) is 23.1 Å². The van der Waals surface area contributed by atoms with Crippen molar-refractivity contribution in [2.24, 2.45) is 0 Å². The van der Waals surface area contributed by atoms with Crippen LogP contribution < -0.4 is 4.74 Å². The number of methoxy groups -OCH3 is 1. The minimum Gasteiger partial charge on any atom is -0.481 e. The largest absolute Gasteiger partial charge is 0.481 e. The molecular weight excluding hydrogens is 296 g/mol. The number of ether oxygens (including phenoxy) is 2. The summed E-state index contributed by atoms with van der Waals surface area (Å²) < 4.78 is 11.9. The molecule has 0 saturated heterocycles. The smallest absolute Gasteiger partial charge is 0.360 e. The molecule has 0 aliphatic rings. The highest BCUT2D eigenvalue weighted by Crippen LogP contribution is 2.23. The molecule has 0 aromatic carbocycles. The van der Waals surface area contributed by atoms with Gasteiger partial charge in [-0.25, -0.2) is 19.7 Å². The number of pyridine rings is 1. The van der Waals surface area contributed by atoms with Gasteiger partial charge in [-0.2, -0.15) is 0 Å². The van der Waals surface area contributed by atoms with Crippen LogP contribution in [0.3, 0.4) is 0 Å². The van der Waals surface area contributed by atoms with Crippen molar-refractivity contribution in [3.8, 4) is 17.1 Å². The number of hydrogen-bond acceptors (Lipinski definition) is 6. The molecule has 0 bridgehead atoms. The summed E-state index contributed by atoms with van der Waals surface area (Å²) >= 11 is 0. The first-order valence-electron chi connectivity index (χ1n) is 7.16. The number of imidazole rings is 1. The highest BCUT2D eigenvalue weighted by Gasteiger charge is 2.18. The molecule has 0 aliphatic heterocycles. The lowest BCUT2D eigenvalue weighted by molar-refractivity contribution is 0.0522. The number of rotatable bonds is 4. The first-order valence-corrected chi connectivity index (χ1v) is 7.16. The third-order valence-corrected chi connectivity index (χ3v) is 3.40. The molecular formula is C16H16N4O3. The molecule has 0 radical (unpaired) electrons. The van der Waals surface area contributed by atoms with E-state index in [1.54, 1.807) is 37.0 Å². The van der Waals surface area contributed by atoms with Crippen molar-refractivity contribution < 1.29 is 14.3 Å². The van der Waals surface area contributed by atoms with Crippen LogP contribution in [0.15, 0.2) is 30.7 Å². The van der Waals surface area contributed by atoms with E-state index in [-0.39, 0.29) is 12.3 Å². The number of esters is 1. The third kappa shape index (κ3) is 2.73. The second-order valence-corrected chi connectivity index (χ2v) is 4.88. The van der Waals surface area contributed by atoms with Gasteiger partial charge in [0, 0.05) is 23.5 Å². The van der Waals surface area contributed by atoms with Crippen LogP contribution in [0.4, 0.5) is 0 Å². The molecule has 118 valence electrons. The van der Waals surface area contributed by atoms with Crippen LogP contribution in [-0.2, 0) is 4.74 Å². The van der Waals surface area contributed by atoms with E-state index in [1.165, 1.54) is 0 Å². The normalized spacial score (nSPS) is 10.7. The highest BCUT2D eigenvalue weighted by molar-refractivity contribution is 5.94. The van der Waals surface area contributed by atoms with Crippen LogP contribution in [0.25, 0.3) is 16.9 Å². The second kappa shape index (κ2) is 6.04. The van der Waals surface area contributed by atoms with Crippen LogP contribution in [-0.4, -0.2) is 39.0 Å². The standard InChI is InChI=1S/C16H16N4O3/c1-4-23-16(21)14-15-19-12(7-10(2)20(15)9-18-14)11-5-6-17-13(8-11)22-3/h5-9H,4H2,1-3H3. The predicted molar refractivity (Wildman–Crippen MR) is 83.5 cm³/mol. The van der Waals surface area contributed by atoms with Gasteiger partial charge in [0.05, 0.1) is 19.4 Å². The zero-order valence-electron chi connectivity index (χ0n) is 13.1. The van der Waals surface area contributed by atoms with E-state index in [9.17, 15) is 4.79 Å². The second-order valence-electron chi connectivity index (χ2n) is 4.88. The number of hydrogen-bond donors (Lipinski definition) is 0. The van der Waals surface area contributed by atoms with Gasteiger partial charge in [0.15, 0.2) is 11.3 Å². The number of carbonyl (C=O) groups is 1. The summed E-state index contributed by atoms with van der Waals surface area (Å²) in [7, 11) is 1.56. The molecule has 7 nitrogen and oxygen atoms in total. The van der Waals surface area contributed by atoms with E-state index in [2.05, 4.69) is 15.0 Å². The lowest BCUT2D eigenvalue weighted by Crippen LogP contribution is -2.07. The maximum Gasteiger partial charge on any atom is 0.360 e. The molecule has 7 heteroatoms. The molecule has 3 aromatic heterocycles. The molecule has 0 fully saturated rings. The average molecular weight is 312 g/mol. The Bertz CT molecular complexity index is 873. The Balaban J connectivity index is 2.15. The van der Waals surface area contributed by atoms with E-state index in [4.69, 9.17) is 9.47 Å². The molecule has 23 heavy (non-hydrogen) atoms. The molecule has 0 atom stereocenters. The quantitative estimate of drug-likeness (QED) is 0.688. The van der Waals surface area contributed by atoms with Crippen LogP contribution in [0.5, 0.6) is 5.88 Å². The topological polar surface area (TPSA) is 78.6 Å². The zero-order chi connectivity index (χ0) is 16.4. The lowest BCUT2D eigenvalue weighted by atomic mass is 10.1. The van der Waals surface area contributed by atoms with Crippen molar-refractivity contribution in [1.29, 1.82) is 0 Å². The molecule has 0 N–H and O–H groups in total. The summed E-state index contributed by atoms with van der Waals surface area (Å²) in [6.45, 7) is 3.97. The average Bonchev–Trinajstić information content (AvgIpc) is 2.99. The number of nitrogens with zero attached hydrogens (tertiary/aromatic N) is 4. The van der Waals surface area contributed by atoms with Crippen LogP contribution in [0, 0.1) is 6.92 Å². The van der Waals surface area contributed by atoms with Crippen molar-refractivity contribution in [2.45, 2.75) is 13.8 Å². The molecule has 3 rings (SSSR count). The van der Waals surface area contributed by atoms with Gasteiger partial charge in [0.1, 0.15) is 6.33 Å². The van der Waals surface area contributed by atoms with Gasteiger partial charge < -0.3 is 9.47 Å². The molecule has 3 heterocycles. The minimum atomic E-state index is -0.480. The van der Waals surface area contributed by atoms with Crippen molar-refractivity contribution in [3.05, 3.63) is 42.1 Å². The number of carbonyl (C=O) groups excluding carboxylic acids is 1. The molecule has 0 unspecified atom stereocenters. The summed E-state index contributed by atoms with van der Waals surface area (Å²) in [4.78, 5) is 24.8. The summed E-state index contributed by atoms with van der Waals surface area (Å²) in [5.74, 6) is 0.0207.